The molecule has 0 aliphatic carbocycles. The van der Waals surface area contributed by atoms with Crippen molar-refractivity contribution in [2.45, 2.75) is 23.8 Å². The van der Waals surface area contributed by atoms with E-state index < -0.39 is 9.84 Å². The lowest BCUT2D eigenvalue weighted by Gasteiger charge is -2.22. The monoisotopic (exact) mass is 275 g/mol. The van der Waals surface area contributed by atoms with Crippen molar-refractivity contribution in [3.05, 3.63) is 22.8 Å². The standard InChI is InChI=1S/C11H14ClNO3S/c1-17(14,15)11-7-9(6-10(12)13-11)8-2-4-16-5-3-8/h6-8H,2-5H2,1H3. The van der Waals surface area contributed by atoms with Gasteiger partial charge in [0.15, 0.2) is 14.9 Å². The Labute approximate surface area is 106 Å². The van der Waals surface area contributed by atoms with Crippen LogP contribution in [-0.4, -0.2) is 32.9 Å². The number of pyridine rings is 1. The molecule has 4 nitrogen and oxygen atoms in total. The Kier molecular flexibility index (Phi) is 3.70. The first-order valence-corrected chi connectivity index (χ1v) is 7.69. The van der Waals surface area contributed by atoms with Crippen molar-refractivity contribution in [1.29, 1.82) is 0 Å². The largest absolute Gasteiger partial charge is 0.381 e. The van der Waals surface area contributed by atoms with Crippen LogP contribution in [0.2, 0.25) is 5.15 Å². The third-order valence-corrected chi connectivity index (χ3v) is 4.03. The summed E-state index contributed by atoms with van der Waals surface area (Å²) in [6.07, 6.45) is 2.92. The van der Waals surface area contributed by atoms with Crippen molar-refractivity contribution in [3.8, 4) is 0 Å². The molecule has 0 bridgehead atoms. The Morgan fingerprint density at radius 3 is 2.59 bits per heavy atom. The van der Waals surface area contributed by atoms with E-state index in [0.717, 1.165) is 24.7 Å². The highest BCUT2D eigenvalue weighted by Gasteiger charge is 2.19. The molecule has 0 amide bonds. The van der Waals surface area contributed by atoms with Crippen LogP contribution in [0.3, 0.4) is 0 Å². The number of nitrogens with zero attached hydrogens (tertiary/aromatic N) is 1. The predicted molar refractivity (Wildman–Crippen MR) is 65.2 cm³/mol. The van der Waals surface area contributed by atoms with Gasteiger partial charge in [0.25, 0.3) is 0 Å². The molecule has 6 heteroatoms. The number of halogens is 1. The van der Waals surface area contributed by atoms with Gasteiger partial charge in [-0.2, -0.15) is 0 Å². The van der Waals surface area contributed by atoms with E-state index in [-0.39, 0.29) is 10.2 Å². The summed E-state index contributed by atoms with van der Waals surface area (Å²) in [5, 5.41) is 0.279. The molecule has 1 aromatic rings. The molecule has 0 radical (unpaired) electrons. The van der Waals surface area contributed by atoms with E-state index in [4.69, 9.17) is 16.3 Å². The zero-order valence-electron chi connectivity index (χ0n) is 9.52. The van der Waals surface area contributed by atoms with Crippen LogP contribution in [0.5, 0.6) is 0 Å². The first-order chi connectivity index (χ1) is 7.97. The Morgan fingerprint density at radius 1 is 1.35 bits per heavy atom. The van der Waals surface area contributed by atoms with Gasteiger partial charge < -0.3 is 4.74 Å². The Hall–Kier alpha value is -0.650. The predicted octanol–water partition coefficient (Wildman–Crippen LogP) is 2.03. The van der Waals surface area contributed by atoms with Crippen molar-refractivity contribution in [1.82, 2.24) is 4.98 Å². The van der Waals surface area contributed by atoms with Crippen LogP contribution in [0.1, 0.15) is 24.3 Å². The molecule has 0 spiro atoms. The quantitative estimate of drug-likeness (QED) is 0.775. The molecule has 1 saturated heterocycles. The molecule has 94 valence electrons. The molecule has 1 aliphatic heterocycles. The van der Waals surface area contributed by atoms with Crippen LogP contribution in [0.4, 0.5) is 0 Å². The second-order valence-electron chi connectivity index (χ2n) is 4.22. The van der Waals surface area contributed by atoms with Crippen molar-refractivity contribution in [2.24, 2.45) is 0 Å². The van der Waals surface area contributed by atoms with Crippen LogP contribution >= 0.6 is 11.6 Å². The summed E-state index contributed by atoms with van der Waals surface area (Å²) in [5.74, 6) is 0.310. The maximum Gasteiger partial charge on any atom is 0.192 e. The lowest BCUT2D eigenvalue weighted by atomic mass is 9.93. The van der Waals surface area contributed by atoms with Gasteiger partial charge in [-0.15, -0.1) is 0 Å². The Balaban J connectivity index is 2.37. The van der Waals surface area contributed by atoms with E-state index >= 15 is 0 Å². The molecular weight excluding hydrogens is 262 g/mol. The highest BCUT2D eigenvalue weighted by molar-refractivity contribution is 7.90. The van der Waals surface area contributed by atoms with Gasteiger partial charge in [-0.1, -0.05) is 11.6 Å². The minimum Gasteiger partial charge on any atom is -0.381 e. The van der Waals surface area contributed by atoms with Gasteiger partial charge in [0.05, 0.1) is 0 Å². The first kappa shape index (κ1) is 12.8. The van der Waals surface area contributed by atoms with Gasteiger partial charge in [0, 0.05) is 19.5 Å². The third kappa shape index (κ3) is 3.18. The lowest BCUT2D eigenvalue weighted by molar-refractivity contribution is 0.0853. The van der Waals surface area contributed by atoms with Gasteiger partial charge in [0.2, 0.25) is 0 Å². The lowest BCUT2D eigenvalue weighted by Crippen LogP contribution is -2.15. The molecule has 1 aromatic heterocycles. The minimum absolute atomic E-state index is 0.0477. The Bertz CT molecular complexity index is 509. The van der Waals surface area contributed by atoms with Gasteiger partial charge in [-0.25, -0.2) is 13.4 Å². The fraction of sp³-hybridized carbons (Fsp3) is 0.545. The van der Waals surface area contributed by atoms with Gasteiger partial charge in [-0.3, -0.25) is 0 Å². The summed E-state index contributed by atoms with van der Waals surface area (Å²) in [6.45, 7) is 1.41. The SMILES string of the molecule is CS(=O)(=O)c1cc(C2CCOCC2)cc(Cl)n1. The molecular formula is C11H14ClNO3S. The first-order valence-electron chi connectivity index (χ1n) is 5.42. The molecule has 1 fully saturated rings. The fourth-order valence-corrected chi connectivity index (χ4v) is 2.83. The van der Waals surface area contributed by atoms with E-state index in [2.05, 4.69) is 4.98 Å². The number of hydrogen-bond donors (Lipinski definition) is 0. The number of aromatic nitrogens is 1. The summed E-state index contributed by atoms with van der Waals surface area (Å²) < 4.78 is 28.2. The van der Waals surface area contributed by atoms with E-state index in [1.165, 1.54) is 0 Å². The van der Waals surface area contributed by atoms with Crippen molar-refractivity contribution >= 4 is 21.4 Å². The van der Waals surface area contributed by atoms with E-state index in [1.54, 1.807) is 12.1 Å². The van der Waals surface area contributed by atoms with E-state index in [1.807, 2.05) is 0 Å². The normalized spacial score (nSPS) is 18.2. The van der Waals surface area contributed by atoms with Crippen LogP contribution < -0.4 is 0 Å². The second-order valence-corrected chi connectivity index (χ2v) is 6.57. The van der Waals surface area contributed by atoms with Crippen LogP contribution in [0.25, 0.3) is 0 Å². The van der Waals surface area contributed by atoms with Crippen molar-refractivity contribution in [3.63, 3.8) is 0 Å². The minimum atomic E-state index is -3.31. The van der Waals surface area contributed by atoms with Gasteiger partial charge in [-0.05, 0) is 36.5 Å². The summed E-state index contributed by atoms with van der Waals surface area (Å²) in [6, 6.07) is 3.36. The van der Waals surface area contributed by atoms with Gasteiger partial charge in [0.1, 0.15) is 5.15 Å². The zero-order valence-corrected chi connectivity index (χ0v) is 11.1. The highest BCUT2D eigenvalue weighted by atomic mass is 35.5. The molecule has 0 saturated carbocycles. The average Bonchev–Trinajstić information content (AvgIpc) is 2.28. The molecule has 0 unspecified atom stereocenters. The van der Waals surface area contributed by atoms with E-state index in [0.29, 0.717) is 19.1 Å². The fourth-order valence-electron chi connectivity index (χ4n) is 1.95. The summed E-state index contributed by atoms with van der Waals surface area (Å²) >= 11 is 5.87. The van der Waals surface area contributed by atoms with Crippen molar-refractivity contribution < 1.29 is 13.2 Å². The summed E-state index contributed by atoms with van der Waals surface area (Å²) in [5.41, 5.74) is 0.939. The molecule has 0 atom stereocenters. The van der Waals surface area contributed by atoms with Crippen LogP contribution in [-0.2, 0) is 14.6 Å². The van der Waals surface area contributed by atoms with E-state index in [9.17, 15) is 8.42 Å². The zero-order chi connectivity index (χ0) is 12.5. The average molecular weight is 276 g/mol. The van der Waals surface area contributed by atoms with Crippen molar-refractivity contribution in [2.75, 3.05) is 19.5 Å². The molecule has 0 aromatic carbocycles. The van der Waals surface area contributed by atoms with Crippen LogP contribution in [0.15, 0.2) is 17.2 Å². The highest BCUT2D eigenvalue weighted by Crippen LogP contribution is 2.29. The second kappa shape index (κ2) is 4.92. The van der Waals surface area contributed by atoms with Gasteiger partial charge >= 0.3 is 0 Å². The summed E-state index contributed by atoms with van der Waals surface area (Å²) in [7, 11) is -3.31. The number of sulfone groups is 1. The number of ether oxygens (including phenoxy) is 1. The summed E-state index contributed by atoms with van der Waals surface area (Å²) in [4.78, 5) is 3.85. The molecule has 2 rings (SSSR count). The smallest absolute Gasteiger partial charge is 0.192 e. The number of rotatable bonds is 2. The maximum absolute atomic E-state index is 11.5. The topological polar surface area (TPSA) is 56.3 Å². The Morgan fingerprint density at radius 2 is 2.00 bits per heavy atom. The molecule has 1 aliphatic rings. The molecule has 0 N–H and O–H groups in total. The maximum atomic E-state index is 11.5. The molecule has 17 heavy (non-hydrogen) atoms. The number of hydrogen-bond acceptors (Lipinski definition) is 4. The van der Waals surface area contributed by atoms with Crippen LogP contribution in [0, 0.1) is 0 Å². The molecule has 2 heterocycles. The third-order valence-electron chi connectivity index (χ3n) is 2.87.